The minimum absolute atomic E-state index is 0.0167. The van der Waals surface area contributed by atoms with E-state index in [1.807, 2.05) is 6.07 Å². The van der Waals surface area contributed by atoms with Crippen LogP contribution < -0.4 is 11.2 Å². The fourth-order valence-corrected chi connectivity index (χ4v) is 1.61. The Morgan fingerprint density at radius 2 is 2.11 bits per heavy atom. The molecule has 0 aromatic heterocycles. The summed E-state index contributed by atoms with van der Waals surface area (Å²) in [6.45, 7) is 3.11. The van der Waals surface area contributed by atoms with E-state index in [2.05, 4.69) is 10.3 Å². The number of benzene rings is 1. The lowest BCUT2D eigenvalue weighted by molar-refractivity contribution is -0.136. The van der Waals surface area contributed by atoms with Gasteiger partial charge in [-0.2, -0.15) is 0 Å². The van der Waals surface area contributed by atoms with Crippen LogP contribution in [0.15, 0.2) is 24.3 Å². The van der Waals surface area contributed by atoms with Crippen LogP contribution in [0.5, 0.6) is 0 Å². The van der Waals surface area contributed by atoms with Crippen LogP contribution in [0.4, 0.5) is 0 Å². The topological polar surface area (TPSA) is 81.4 Å². The van der Waals surface area contributed by atoms with Gasteiger partial charge >= 0.3 is 0 Å². The second-order valence-electron chi connectivity index (χ2n) is 4.49. The Morgan fingerprint density at radius 3 is 2.67 bits per heavy atom. The number of hydroxylamine groups is 1. The number of nitrogens with one attached hydrogen (secondary N) is 1. The fraction of sp³-hybridized carbons (Fsp3) is 0.385. The summed E-state index contributed by atoms with van der Waals surface area (Å²) in [4.78, 5) is 27.5. The van der Waals surface area contributed by atoms with Crippen molar-refractivity contribution in [2.45, 2.75) is 25.8 Å². The van der Waals surface area contributed by atoms with E-state index in [0.717, 1.165) is 5.56 Å². The van der Waals surface area contributed by atoms with Crippen molar-refractivity contribution in [3.05, 3.63) is 35.4 Å². The standard InChI is InChI=1S/C13H18N2O3/c1-9(16)11-6-4-5-10(7-11)8-13(2,14)12(17)15-18-3/h4-7H,8,14H2,1-3H3,(H,15,17)/t13-/m0/s1. The number of ketones is 1. The van der Waals surface area contributed by atoms with Gasteiger partial charge in [0.05, 0.1) is 12.6 Å². The molecular formula is C13H18N2O3. The maximum Gasteiger partial charge on any atom is 0.263 e. The first-order chi connectivity index (χ1) is 8.36. The number of Topliss-reactive ketones (excluding diaryl/α,β-unsaturated/α-hetero) is 1. The van der Waals surface area contributed by atoms with Gasteiger partial charge in [0.1, 0.15) is 0 Å². The number of amides is 1. The van der Waals surface area contributed by atoms with Crippen molar-refractivity contribution in [1.82, 2.24) is 5.48 Å². The molecule has 0 unspecified atom stereocenters. The van der Waals surface area contributed by atoms with Crippen LogP contribution in [0.1, 0.15) is 29.8 Å². The van der Waals surface area contributed by atoms with Gasteiger partial charge in [0.2, 0.25) is 0 Å². The van der Waals surface area contributed by atoms with Crippen molar-refractivity contribution >= 4 is 11.7 Å². The van der Waals surface area contributed by atoms with E-state index >= 15 is 0 Å². The molecule has 18 heavy (non-hydrogen) atoms. The van der Waals surface area contributed by atoms with E-state index in [9.17, 15) is 9.59 Å². The predicted molar refractivity (Wildman–Crippen MR) is 67.9 cm³/mol. The van der Waals surface area contributed by atoms with E-state index < -0.39 is 11.4 Å². The summed E-state index contributed by atoms with van der Waals surface area (Å²) >= 11 is 0. The molecule has 0 spiro atoms. The zero-order valence-corrected chi connectivity index (χ0v) is 10.8. The van der Waals surface area contributed by atoms with Crippen molar-refractivity contribution in [2.75, 3.05) is 7.11 Å². The number of rotatable bonds is 5. The Labute approximate surface area is 106 Å². The quantitative estimate of drug-likeness (QED) is 0.599. The molecule has 1 amide bonds. The first-order valence-corrected chi connectivity index (χ1v) is 5.59. The number of carbonyl (C=O) groups excluding carboxylic acids is 2. The molecular weight excluding hydrogens is 232 g/mol. The van der Waals surface area contributed by atoms with Crippen molar-refractivity contribution in [3.63, 3.8) is 0 Å². The second kappa shape index (κ2) is 5.75. The van der Waals surface area contributed by atoms with Crippen molar-refractivity contribution < 1.29 is 14.4 Å². The SMILES string of the molecule is CONC(=O)[C@@](C)(N)Cc1cccc(C(C)=O)c1. The molecule has 0 aliphatic rings. The predicted octanol–water partition coefficient (Wildman–Crippen LogP) is 0.827. The fourth-order valence-electron chi connectivity index (χ4n) is 1.61. The summed E-state index contributed by atoms with van der Waals surface area (Å²) in [5, 5.41) is 0. The Morgan fingerprint density at radius 1 is 1.44 bits per heavy atom. The van der Waals surface area contributed by atoms with Crippen LogP contribution in [0.25, 0.3) is 0 Å². The summed E-state index contributed by atoms with van der Waals surface area (Å²) in [6, 6.07) is 7.08. The van der Waals surface area contributed by atoms with E-state index in [4.69, 9.17) is 5.73 Å². The molecule has 0 fully saturated rings. The summed E-state index contributed by atoms with van der Waals surface area (Å²) < 4.78 is 0. The molecule has 1 aromatic carbocycles. The van der Waals surface area contributed by atoms with Crippen LogP contribution in [0.3, 0.4) is 0 Å². The average molecular weight is 250 g/mol. The number of hydrogen-bond acceptors (Lipinski definition) is 4. The van der Waals surface area contributed by atoms with E-state index in [1.165, 1.54) is 14.0 Å². The molecule has 0 heterocycles. The third-order valence-electron chi connectivity index (χ3n) is 2.62. The highest BCUT2D eigenvalue weighted by molar-refractivity contribution is 5.94. The molecule has 0 saturated heterocycles. The van der Waals surface area contributed by atoms with Crippen molar-refractivity contribution in [3.8, 4) is 0 Å². The zero-order chi connectivity index (χ0) is 13.8. The van der Waals surface area contributed by atoms with E-state index in [-0.39, 0.29) is 5.78 Å². The lowest BCUT2D eigenvalue weighted by Gasteiger charge is -2.22. The van der Waals surface area contributed by atoms with Crippen LogP contribution >= 0.6 is 0 Å². The average Bonchev–Trinajstić information content (AvgIpc) is 2.29. The second-order valence-corrected chi connectivity index (χ2v) is 4.49. The molecule has 1 atom stereocenters. The van der Waals surface area contributed by atoms with Gasteiger partial charge in [-0.25, -0.2) is 5.48 Å². The molecule has 5 nitrogen and oxygen atoms in total. The highest BCUT2D eigenvalue weighted by Gasteiger charge is 2.28. The minimum Gasteiger partial charge on any atom is -0.317 e. The highest BCUT2D eigenvalue weighted by atomic mass is 16.6. The largest absolute Gasteiger partial charge is 0.317 e. The maximum absolute atomic E-state index is 11.7. The monoisotopic (exact) mass is 250 g/mol. The van der Waals surface area contributed by atoms with Gasteiger partial charge in [0.25, 0.3) is 5.91 Å². The Bertz CT molecular complexity index is 455. The van der Waals surface area contributed by atoms with Gasteiger partial charge in [-0.05, 0) is 31.9 Å². The third kappa shape index (κ3) is 3.65. The first kappa shape index (κ1) is 14.3. The summed E-state index contributed by atoms with van der Waals surface area (Å²) in [5.74, 6) is -0.421. The molecule has 0 saturated carbocycles. The molecule has 5 heteroatoms. The van der Waals surface area contributed by atoms with Gasteiger partial charge < -0.3 is 5.73 Å². The van der Waals surface area contributed by atoms with Crippen LogP contribution in [-0.2, 0) is 16.1 Å². The van der Waals surface area contributed by atoms with E-state index in [0.29, 0.717) is 12.0 Å². The Kier molecular flexibility index (Phi) is 4.58. The molecule has 0 aliphatic carbocycles. The van der Waals surface area contributed by atoms with Gasteiger partial charge in [-0.3, -0.25) is 14.4 Å². The third-order valence-corrected chi connectivity index (χ3v) is 2.62. The smallest absolute Gasteiger partial charge is 0.263 e. The maximum atomic E-state index is 11.7. The molecule has 0 radical (unpaired) electrons. The first-order valence-electron chi connectivity index (χ1n) is 5.59. The van der Waals surface area contributed by atoms with Crippen molar-refractivity contribution in [2.24, 2.45) is 5.73 Å². The summed E-state index contributed by atoms with van der Waals surface area (Å²) in [6.07, 6.45) is 0.323. The molecule has 98 valence electrons. The number of nitrogens with two attached hydrogens (primary N) is 1. The lowest BCUT2D eigenvalue weighted by Crippen LogP contribution is -2.52. The Hall–Kier alpha value is -1.72. The zero-order valence-electron chi connectivity index (χ0n) is 10.8. The number of carbonyl (C=O) groups is 2. The molecule has 1 rings (SSSR count). The van der Waals surface area contributed by atoms with Crippen LogP contribution in [0.2, 0.25) is 0 Å². The normalized spacial score (nSPS) is 13.8. The molecule has 0 bridgehead atoms. The number of hydrogen-bond donors (Lipinski definition) is 2. The molecule has 1 aromatic rings. The van der Waals surface area contributed by atoms with Gasteiger partial charge in [0, 0.05) is 5.56 Å². The highest BCUT2D eigenvalue weighted by Crippen LogP contribution is 2.13. The summed E-state index contributed by atoms with van der Waals surface area (Å²) in [7, 11) is 1.35. The lowest BCUT2D eigenvalue weighted by atomic mass is 9.92. The summed E-state index contributed by atoms with van der Waals surface area (Å²) in [5.41, 5.74) is 8.49. The Balaban J connectivity index is 2.86. The van der Waals surface area contributed by atoms with Gasteiger partial charge in [0.15, 0.2) is 5.78 Å². The van der Waals surface area contributed by atoms with Crippen LogP contribution in [-0.4, -0.2) is 24.3 Å². The molecule has 0 aliphatic heterocycles. The minimum atomic E-state index is -1.09. The van der Waals surface area contributed by atoms with Gasteiger partial charge in [-0.15, -0.1) is 0 Å². The van der Waals surface area contributed by atoms with Crippen LogP contribution in [0, 0.1) is 0 Å². The van der Waals surface area contributed by atoms with Gasteiger partial charge in [-0.1, -0.05) is 18.2 Å². The van der Waals surface area contributed by atoms with E-state index in [1.54, 1.807) is 25.1 Å². The van der Waals surface area contributed by atoms with Crippen molar-refractivity contribution in [1.29, 1.82) is 0 Å². The molecule has 3 N–H and O–H groups in total.